The van der Waals surface area contributed by atoms with Crippen molar-refractivity contribution in [1.82, 2.24) is 15.1 Å². The van der Waals surface area contributed by atoms with Crippen LogP contribution >= 0.6 is 11.3 Å². The normalized spacial score (nSPS) is 18.1. The van der Waals surface area contributed by atoms with Crippen LogP contribution in [0.25, 0.3) is 0 Å². The number of thiophene rings is 1. The summed E-state index contributed by atoms with van der Waals surface area (Å²) in [6.45, 7) is 6.30. The minimum absolute atomic E-state index is 0.0107. The van der Waals surface area contributed by atoms with E-state index in [9.17, 15) is 4.79 Å². The van der Waals surface area contributed by atoms with Gasteiger partial charge in [0.2, 0.25) is 0 Å². The molecule has 1 amide bonds. The zero-order valence-corrected chi connectivity index (χ0v) is 17.5. The minimum Gasteiger partial charge on any atom is -0.378 e. The van der Waals surface area contributed by atoms with Crippen LogP contribution in [0.2, 0.25) is 0 Å². The molecule has 6 heteroatoms. The summed E-state index contributed by atoms with van der Waals surface area (Å²) < 4.78 is 0. The lowest BCUT2D eigenvalue weighted by atomic mass is 10.0. The van der Waals surface area contributed by atoms with Crippen molar-refractivity contribution in [2.24, 2.45) is 0 Å². The SMILES string of the molecule is C[C@@H](NC(=O)c1ccc(N(C)C)cc1)[C@@H](c1cccs1)N1CCN(C)CC1. The molecular formula is C21H30N4OS. The second kappa shape index (κ2) is 8.87. The zero-order valence-electron chi connectivity index (χ0n) is 16.7. The summed E-state index contributed by atoms with van der Waals surface area (Å²) in [5, 5.41) is 5.36. The van der Waals surface area contributed by atoms with Crippen LogP contribution < -0.4 is 10.2 Å². The van der Waals surface area contributed by atoms with Gasteiger partial charge in [0.05, 0.1) is 6.04 Å². The van der Waals surface area contributed by atoms with Crippen molar-refractivity contribution in [1.29, 1.82) is 0 Å². The van der Waals surface area contributed by atoms with E-state index in [2.05, 4.69) is 46.6 Å². The second-order valence-corrected chi connectivity index (χ2v) is 8.48. The number of nitrogens with one attached hydrogen (secondary N) is 1. The predicted octanol–water partition coefficient (Wildman–Crippen LogP) is 2.92. The van der Waals surface area contributed by atoms with Gasteiger partial charge in [-0.15, -0.1) is 11.3 Å². The monoisotopic (exact) mass is 386 g/mol. The highest BCUT2D eigenvalue weighted by Gasteiger charge is 2.30. The van der Waals surface area contributed by atoms with E-state index in [0.717, 1.165) is 31.9 Å². The first kappa shape index (κ1) is 19.9. The molecule has 2 atom stereocenters. The molecule has 1 aromatic heterocycles. The van der Waals surface area contributed by atoms with Crippen LogP contribution in [0.1, 0.15) is 28.2 Å². The third-order valence-corrected chi connectivity index (χ3v) is 6.19. The van der Waals surface area contributed by atoms with Gasteiger partial charge in [0, 0.05) is 62.4 Å². The van der Waals surface area contributed by atoms with Gasteiger partial charge < -0.3 is 15.1 Å². The summed E-state index contributed by atoms with van der Waals surface area (Å²) in [4.78, 5) is 21.0. The van der Waals surface area contributed by atoms with Crippen molar-refractivity contribution in [3.8, 4) is 0 Å². The average molecular weight is 387 g/mol. The van der Waals surface area contributed by atoms with Crippen LogP contribution in [-0.4, -0.2) is 69.1 Å². The third kappa shape index (κ3) is 4.89. The molecule has 2 heterocycles. The Morgan fingerprint density at radius 2 is 1.78 bits per heavy atom. The van der Waals surface area contributed by atoms with Crippen LogP contribution in [-0.2, 0) is 0 Å². The Morgan fingerprint density at radius 3 is 2.33 bits per heavy atom. The molecule has 146 valence electrons. The van der Waals surface area contributed by atoms with Crippen molar-refractivity contribution >= 4 is 22.9 Å². The van der Waals surface area contributed by atoms with E-state index >= 15 is 0 Å². The van der Waals surface area contributed by atoms with Gasteiger partial charge in [-0.05, 0) is 49.7 Å². The molecule has 1 N–H and O–H groups in total. The summed E-state index contributed by atoms with van der Waals surface area (Å²) >= 11 is 1.77. The molecule has 27 heavy (non-hydrogen) atoms. The number of amides is 1. The summed E-state index contributed by atoms with van der Waals surface area (Å²) in [5.41, 5.74) is 1.80. The number of nitrogens with zero attached hydrogens (tertiary/aromatic N) is 3. The van der Waals surface area contributed by atoms with E-state index < -0.39 is 0 Å². The molecule has 0 radical (unpaired) electrons. The molecule has 5 nitrogen and oxygen atoms in total. The fourth-order valence-electron chi connectivity index (χ4n) is 3.58. The van der Waals surface area contributed by atoms with E-state index in [-0.39, 0.29) is 18.0 Å². The minimum atomic E-state index is -0.0107. The molecule has 1 aliphatic heterocycles. The van der Waals surface area contributed by atoms with Gasteiger partial charge in [-0.3, -0.25) is 9.69 Å². The van der Waals surface area contributed by atoms with E-state index in [1.807, 2.05) is 43.3 Å². The van der Waals surface area contributed by atoms with Crippen molar-refractivity contribution in [2.75, 3.05) is 52.2 Å². The molecule has 1 aromatic carbocycles. The molecule has 1 aliphatic rings. The smallest absolute Gasteiger partial charge is 0.251 e. The summed E-state index contributed by atoms with van der Waals surface area (Å²) in [6.07, 6.45) is 0. The summed E-state index contributed by atoms with van der Waals surface area (Å²) in [6, 6.07) is 12.3. The molecule has 0 aliphatic carbocycles. The number of hydrogen-bond donors (Lipinski definition) is 1. The molecule has 2 aromatic rings. The Balaban J connectivity index is 1.72. The van der Waals surface area contributed by atoms with Crippen LogP contribution in [0.15, 0.2) is 41.8 Å². The van der Waals surface area contributed by atoms with E-state index in [1.54, 1.807) is 11.3 Å². The van der Waals surface area contributed by atoms with E-state index in [0.29, 0.717) is 5.56 Å². The van der Waals surface area contributed by atoms with Gasteiger partial charge in [-0.2, -0.15) is 0 Å². The maximum absolute atomic E-state index is 12.8. The highest BCUT2D eigenvalue weighted by atomic mass is 32.1. The molecule has 0 spiro atoms. The third-order valence-electron chi connectivity index (χ3n) is 5.24. The lowest BCUT2D eigenvalue weighted by Crippen LogP contribution is -2.51. The number of anilines is 1. The van der Waals surface area contributed by atoms with Gasteiger partial charge in [0.25, 0.3) is 5.91 Å². The number of likely N-dealkylation sites (N-methyl/N-ethyl adjacent to an activating group) is 1. The number of benzene rings is 1. The first-order chi connectivity index (χ1) is 13.0. The van der Waals surface area contributed by atoms with Crippen LogP contribution in [0, 0.1) is 0 Å². The Labute approximate surface area is 166 Å². The number of rotatable bonds is 6. The summed E-state index contributed by atoms with van der Waals surface area (Å²) in [5.74, 6) is -0.0107. The second-order valence-electron chi connectivity index (χ2n) is 7.50. The van der Waals surface area contributed by atoms with Crippen molar-refractivity contribution in [3.63, 3.8) is 0 Å². The fraction of sp³-hybridized carbons (Fsp3) is 0.476. The lowest BCUT2D eigenvalue weighted by Gasteiger charge is -2.40. The maximum atomic E-state index is 12.8. The first-order valence-corrected chi connectivity index (χ1v) is 10.4. The topological polar surface area (TPSA) is 38.8 Å². The Kier molecular flexibility index (Phi) is 6.52. The highest BCUT2D eigenvalue weighted by Crippen LogP contribution is 2.29. The number of carbonyl (C=O) groups excluding carboxylic acids is 1. The van der Waals surface area contributed by atoms with Crippen molar-refractivity contribution in [2.45, 2.75) is 19.0 Å². The standard InChI is InChI=1S/C21H30N4OS/c1-16(22-21(26)17-7-9-18(10-8-17)23(2)3)20(19-6-5-15-27-19)25-13-11-24(4)12-14-25/h5-10,15-16,20H,11-14H2,1-4H3,(H,22,26)/t16-,20+/m1/s1. The Hall–Kier alpha value is -1.89. The van der Waals surface area contributed by atoms with Crippen molar-refractivity contribution < 1.29 is 4.79 Å². The van der Waals surface area contributed by atoms with Crippen molar-refractivity contribution in [3.05, 3.63) is 52.2 Å². The predicted molar refractivity (Wildman–Crippen MR) is 114 cm³/mol. The molecule has 0 saturated carbocycles. The Morgan fingerprint density at radius 1 is 1.11 bits per heavy atom. The van der Waals surface area contributed by atoms with Crippen LogP contribution in [0.4, 0.5) is 5.69 Å². The molecule has 1 fully saturated rings. The zero-order chi connectivity index (χ0) is 19.4. The number of carbonyl (C=O) groups is 1. The molecule has 0 bridgehead atoms. The van der Waals surface area contributed by atoms with Gasteiger partial charge in [-0.25, -0.2) is 0 Å². The first-order valence-electron chi connectivity index (χ1n) is 9.50. The number of piperazine rings is 1. The van der Waals surface area contributed by atoms with Gasteiger partial charge in [0.1, 0.15) is 0 Å². The van der Waals surface area contributed by atoms with Crippen LogP contribution in [0.5, 0.6) is 0 Å². The van der Waals surface area contributed by atoms with Gasteiger partial charge in [0.15, 0.2) is 0 Å². The van der Waals surface area contributed by atoms with Gasteiger partial charge >= 0.3 is 0 Å². The molecule has 3 rings (SSSR count). The largest absolute Gasteiger partial charge is 0.378 e. The molecule has 0 unspecified atom stereocenters. The maximum Gasteiger partial charge on any atom is 0.251 e. The summed E-state index contributed by atoms with van der Waals surface area (Å²) in [7, 11) is 6.16. The fourth-order valence-corrected chi connectivity index (χ4v) is 4.55. The molecular weight excluding hydrogens is 356 g/mol. The Bertz CT molecular complexity index is 721. The lowest BCUT2D eigenvalue weighted by molar-refractivity contribution is 0.0799. The average Bonchev–Trinajstić information content (AvgIpc) is 3.17. The van der Waals surface area contributed by atoms with E-state index in [4.69, 9.17) is 0 Å². The quantitative estimate of drug-likeness (QED) is 0.829. The van der Waals surface area contributed by atoms with Crippen LogP contribution in [0.3, 0.4) is 0 Å². The molecule has 1 saturated heterocycles. The van der Waals surface area contributed by atoms with Gasteiger partial charge in [-0.1, -0.05) is 6.07 Å². The van der Waals surface area contributed by atoms with E-state index in [1.165, 1.54) is 4.88 Å². The highest BCUT2D eigenvalue weighted by molar-refractivity contribution is 7.10. The number of hydrogen-bond acceptors (Lipinski definition) is 5.